The Morgan fingerprint density at radius 1 is 1.24 bits per heavy atom. The van der Waals surface area contributed by atoms with Gasteiger partial charge in [-0.25, -0.2) is 9.78 Å². The molecule has 0 bridgehead atoms. The number of aliphatic carboxylic acids is 2. The largest absolute Gasteiger partial charge is 0.481 e. The minimum Gasteiger partial charge on any atom is -0.481 e. The van der Waals surface area contributed by atoms with Crippen LogP contribution in [0.3, 0.4) is 0 Å². The normalized spacial score (nSPS) is 18.2. The van der Waals surface area contributed by atoms with E-state index in [-0.39, 0.29) is 12.8 Å². The number of imidazole rings is 1. The van der Waals surface area contributed by atoms with E-state index >= 15 is 0 Å². The zero-order valence-electron chi connectivity index (χ0n) is 19.2. The molecule has 13 nitrogen and oxygen atoms in total. The van der Waals surface area contributed by atoms with Crippen LogP contribution in [-0.4, -0.2) is 85.5 Å². The fraction of sp³-hybridized carbons (Fsp3) is 0.619. The molecular formula is C21H32N6O7. The molecule has 4 atom stereocenters. The van der Waals surface area contributed by atoms with Crippen molar-refractivity contribution in [3.05, 3.63) is 18.2 Å². The Morgan fingerprint density at radius 2 is 1.94 bits per heavy atom. The van der Waals surface area contributed by atoms with Crippen LogP contribution < -0.4 is 16.4 Å². The molecule has 1 aromatic heterocycles. The van der Waals surface area contributed by atoms with Gasteiger partial charge < -0.3 is 36.5 Å². The second kappa shape index (κ2) is 12.1. The predicted molar refractivity (Wildman–Crippen MR) is 118 cm³/mol. The van der Waals surface area contributed by atoms with Crippen LogP contribution in [0.4, 0.5) is 0 Å². The topological polar surface area (TPSA) is 208 Å². The van der Waals surface area contributed by atoms with Gasteiger partial charge in [-0.3, -0.25) is 19.2 Å². The lowest BCUT2D eigenvalue weighted by molar-refractivity contribution is -0.144. The number of nitrogens with one attached hydrogen (secondary N) is 3. The average Bonchev–Trinajstić information content (AvgIpc) is 3.45. The van der Waals surface area contributed by atoms with Gasteiger partial charge in [0.2, 0.25) is 17.7 Å². The van der Waals surface area contributed by atoms with Crippen LogP contribution in [0, 0.1) is 5.92 Å². The van der Waals surface area contributed by atoms with Crippen LogP contribution >= 0.6 is 0 Å². The van der Waals surface area contributed by atoms with Crippen molar-refractivity contribution in [1.29, 1.82) is 0 Å². The van der Waals surface area contributed by atoms with Crippen LogP contribution in [0.15, 0.2) is 12.5 Å². The van der Waals surface area contributed by atoms with Gasteiger partial charge in [-0.1, -0.05) is 13.8 Å². The van der Waals surface area contributed by atoms with Gasteiger partial charge in [-0.15, -0.1) is 0 Å². The van der Waals surface area contributed by atoms with Crippen LogP contribution in [0.1, 0.15) is 45.2 Å². The van der Waals surface area contributed by atoms with Gasteiger partial charge in [0, 0.05) is 31.3 Å². The lowest BCUT2D eigenvalue weighted by Gasteiger charge is -2.28. The monoisotopic (exact) mass is 480 g/mol. The summed E-state index contributed by atoms with van der Waals surface area (Å²) in [6.45, 7) is 3.53. The van der Waals surface area contributed by atoms with Gasteiger partial charge >= 0.3 is 11.9 Å². The van der Waals surface area contributed by atoms with E-state index in [1.165, 1.54) is 11.2 Å². The minimum absolute atomic E-state index is 0.207. The molecule has 0 radical (unpaired) electrons. The maximum absolute atomic E-state index is 13.0. The second-order valence-electron chi connectivity index (χ2n) is 8.64. The number of hydrogen-bond acceptors (Lipinski definition) is 7. The SMILES string of the molecule is CC(C)C(NC(=O)C(CCC(=O)O)NC(=O)C1CCCN1C(=O)C(N)Cc1cnc[nH]1)C(=O)O. The van der Waals surface area contributed by atoms with Crippen molar-refractivity contribution >= 4 is 29.7 Å². The van der Waals surface area contributed by atoms with Crippen LogP contribution in [0.2, 0.25) is 0 Å². The number of carbonyl (C=O) groups excluding carboxylic acids is 3. The molecule has 7 N–H and O–H groups in total. The van der Waals surface area contributed by atoms with Gasteiger partial charge in [0.15, 0.2) is 0 Å². The Morgan fingerprint density at radius 3 is 2.50 bits per heavy atom. The third kappa shape index (κ3) is 7.27. The Bertz CT molecular complexity index is 888. The van der Waals surface area contributed by atoms with E-state index < -0.39 is 66.2 Å². The van der Waals surface area contributed by atoms with Gasteiger partial charge in [0.25, 0.3) is 0 Å². The maximum Gasteiger partial charge on any atom is 0.326 e. The van der Waals surface area contributed by atoms with Crippen molar-refractivity contribution in [1.82, 2.24) is 25.5 Å². The van der Waals surface area contributed by atoms with Gasteiger partial charge in [0.1, 0.15) is 18.1 Å². The van der Waals surface area contributed by atoms with Crippen LogP contribution in [0.5, 0.6) is 0 Å². The Balaban J connectivity index is 2.09. The fourth-order valence-corrected chi connectivity index (χ4v) is 3.81. The number of carboxylic acids is 2. The first-order chi connectivity index (χ1) is 16.0. The zero-order chi connectivity index (χ0) is 25.4. The van der Waals surface area contributed by atoms with Crippen molar-refractivity contribution in [3.63, 3.8) is 0 Å². The van der Waals surface area contributed by atoms with Crippen molar-refractivity contribution in [3.8, 4) is 0 Å². The molecule has 1 saturated heterocycles. The molecule has 3 amide bonds. The number of hydrogen-bond donors (Lipinski definition) is 6. The van der Waals surface area contributed by atoms with Crippen molar-refractivity contribution in [2.45, 2.75) is 70.1 Å². The van der Waals surface area contributed by atoms with Crippen molar-refractivity contribution in [2.75, 3.05) is 6.54 Å². The number of H-pyrrole nitrogens is 1. The molecule has 0 aromatic carbocycles. The Labute approximate surface area is 196 Å². The smallest absolute Gasteiger partial charge is 0.326 e. The number of aromatic nitrogens is 2. The number of aromatic amines is 1. The lowest BCUT2D eigenvalue weighted by Crippen LogP contribution is -2.57. The number of carbonyl (C=O) groups is 5. The summed E-state index contributed by atoms with van der Waals surface area (Å²) in [5, 5.41) is 23.2. The van der Waals surface area contributed by atoms with Gasteiger partial charge in [0.05, 0.1) is 12.4 Å². The molecular weight excluding hydrogens is 448 g/mol. The fourth-order valence-electron chi connectivity index (χ4n) is 3.81. The molecule has 34 heavy (non-hydrogen) atoms. The second-order valence-corrected chi connectivity index (χ2v) is 8.64. The van der Waals surface area contributed by atoms with E-state index in [0.717, 1.165) is 0 Å². The van der Waals surface area contributed by atoms with E-state index in [1.807, 2.05) is 0 Å². The summed E-state index contributed by atoms with van der Waals surface area (Å²) in [6.07, 6.45) is 3.48. The van der Waals surface area contributed by atoms with Crippen LogP contribution in [-0.2, 0) is 30.4 Å². The molecule has 1 fully saturated rings. The number of amides is 3. The van der Waals surface area contributed by atoms with E-state index in [2.05, 4.69) is 20.6 Å². The zero-order valence-corrected chi connectivity index (χ0v) is 19.2. The summed E-state index contributed by atoms with van der Waals surface area (Å²) < 4.78 is 0. The van der Waals surface area contributed by atoms with Gasteiger partial charge in [-0.05, 0) is 25.2 Å². The first-order valence-electron chi connectivity index (χ1n) is 11.1. The highest BCUT2D eigenvalue weighted by Crippen LogP contribution is 2.19. The van der Waals surface area contributed by atoms with E-state index in [9.17, 15) is 29.1 Å². The highest BCUT2D eigenvalue weighted by molar-refractivity contribution is 5.94. The summed E-state index contributed by atoms with van der Waals surface area (Å²) in [5.41, 5.74) is 6.71. The molecule has 1 aliphatic rings. The third-order valence-corrected chi connectivity index (χ3v) is 5.66. The lowest BCUT2D eigenvalue weighted by atomic mass is 10.0. The highest BCUT2D eigenvalue weighted by atomic mass is 16.4. The molecule has 13 heteroatoms. The van der Waals surface area contributed by atoms with E-state index in [4.69, 9.17) is 10.8 Å². The first kappa shape index (κ1) is 26.8. The summed E-state index contributed by atoms with van der Waals surface area (Å²) in [6, 6.07) is -4.26. The van der Waals surface area contributed by atoms with Gasteiger partial charge in [-0.2, -0.15) is 0 Å². The predicted octanol–water partition coefficient (Wildman–Crippen LogP) is -1.15. The molecule has 0 saturated carbocycles. The molecule has 1 aliphatic heterocycles. The molecule has 188 valence electrons. The minimum atomic E-state index is -1.28. The van der Waals surface area contributed by atoms with E-state index in [1.54, 1.807) is 20.0 Å². The number of carboxylic acid groups (broad SMARTS) is 2. The molecule has 4 unspecified atom stereocenters. The molecule has 0 spiro atoms. The third-order valence-electron chi connectivity index (χ3n) is 5.66. The van der Waals surface area contributed by atoms with Crippen LogP contribution in [0.25, 0.3) is 0 Å². The summed E-state index contributed by atoms with van der Waals surface area (Å²) in [5.74, 6) is -4.70. The van der Waals surface area contributed by atoms with Crippen molar-refractivity contribution in [2.24, 2.45) is 11.7 Å². The average molecular weight is 481 g/mol. The molecule has 0 aliphatic carbocycles. The Hall–Kier alpha value is -3.48. The molecule has 2 heterocycles. The first-order valence-corrected chi connectivity index (χ1v) is 11.1. The maximum atomic E-state index is 13.0. The summed E-state index contributed by atoms with van der Waals surface area (Å²) in [7, 11) is 0. The Kier molecular flexibility index (Phi) is 9.54. The number of likely N-dealkylation sites (tertiary alicyclic amines) is 1. The quantitative estimate of drug-likeness (QED) is 0.213. The summed E-state index contributed by atoms with van der Waals surface area (Å²) >= 11 is 0. The highest BCUT2D eigenvalue weighted by Gasteiger charge is 2.38. The van der Waals surface area contributed by atoms with E-state index in [0.29, 0.717) is 25.1 Å². The number of nitrogens with two attached hydrogens (primary N) is 1. The molecule has 2 rings (SSSR count). The molecule has 1 aromatic rings. The number of nitrogens with zero attached hydrogens (tertiary/aromatic N) is 2. The standard InChI is InChI=1S/C21H32N6O7/c1-11(2)17(21(33)34)26-18(30)14(5-6-16(28)29)25-19(31)15-4-3-7-27(15)20(32)13(22)8-12-9-23-10-24-12/h9-11,13-15,17H,3-8,22H2,1-2H3,(H,23,24)(H,25,31)(H,26,30)(H,28,29)(H,33,34). The summed E-state index contributed by atoms with van der Waals surface area (Å²) in [4.78, 5) is 69.2. The number of rotatable bonds is 12. The van der Waals surface area contributed by atoms with Crippen molar-refractivity contribution < 1.29 is 34.2 Å².